The van der Waals surface area contributed by atoms with E-state index in [-0.39, 0.29) is 0 Å². The molecule has 0 spiro atoms. The molecule has 0 saturated carbocycles. The molecule has 0 aromatic rings. The molecule has 0 saturated heterocycles. The van der Waals surface area contributed by atoms with Crippen molar-refractivity contribution < 1.29 is 38.5 Å². The standard InChI is InChI=1S/C11H12O8/c1-3-8(14)18-11(19-9(15)4-2)6-17-10(16)5-7(12)13/h3-4,11H,1-2,5-6H2,(H,12,13). The fraction of sp³-hybridized carbons (Fsp3) is 0.273. The second-order valence-corrected chi connectivity index (χ2v) is 2.97. The number of rotatable bonds is 8. The zero-order chi connectivity index (χ0) is 14.8. The van der Waals surface area contributed by atoms with Crippen molar-refractivity contribution in [1.29, 1.82) is 0 Å². The van der Waals surface area contributed by atoms with Gasteiger partial charge in [-0.05, 0) is 0 Å². The summed E-state index contributed by atoms with van der Waals surface area (Å²) in [5, 5.41) is 8.32. The van der Waals surface area contributed by atoms with Gasteiger partial charge in [-0.1, -0.05) is 13.2 Å². The van der Waals surface area contributed by atoms with E-state index in [2.05, 4.69) is 27.4 Å². The summed E-state index contributed by atoms with van der Waals surface area (Å²) < 4.78 is 13.6. The van der Waals surface area contributed by atoms with Crippen molar-refractivity contribution in [3.05, 3.63) is 25.3 Å². The minimum Gasteiger partial charge on any atom is -0.481 e. The third-order valence-electron chi connectivity index (χ3n) is 1.50. The minimum atomic E-state index is -1.51. The molecule has 0 heterocycles. The topological polar surface area (TPSA) is 116 Å². The van der Waals surface area contributed by atoms with Gasteiger partial charge >= 0.3 is 23.9 Å². The van der Waals surface area contributed by atoms with Gasteiger partial charge < -0.3 is 19.3 Å². The first kappa shape index (κ1) is 16.4. The van der Waals surface area contributed by atoms with E-state index < -0.39 is 43.2 Å². The molecule has 8 nitrogen and oxygen atoms in total. The monoisotopic (exact) mass is 272 g/mol. The van der Waals surface area contributed by atoms with Crippen molar-refractivity contribution >= 4 is 23.9 Å². The maximum atomic E-state index is 10.9. The molecule has 1 N–H and O–H groups in total. The lowest BCUT2D eigenvalue weighted by atomic mass is 10.4. The summed E-state index contributed by atoms with van der Waals surface area (Å²) >= 11 is 0. The van der Waals surface area contributed by atoms with Gasteiger partial charge in [0.2, 0.25) is 0 Å². The summed E-state index contributed by atoms with van der Waals surface area (Å²) in [6.45, 7) is 5.62. The summed E-state index contributed by atoms with van der Waals surface area (Å²) in [5.41, 5.74) is 0. The summed E-state index contributed by atoms with van der Waals surface area (Å²) in [4.78, 5) is 43.0. The third kappa shape index (κ3) is 8.13. The average molecular weight is 272 g/mol. The van der Waals surface area contributed by atoms with E-state index in [9.17, 15) is 19.2 Å². The number of carboxylic acid groups (broad SMARTS) is 1. The summed E-state index contributed by atoms with van der Waals surface area (Å²) in [6.07, 6.45) is -0.743. The minimum absolute atomic E-state index is 0.634. The lowest BCUT2D eigenvalue weighted by Crippen LogP contribution is -2.29. The highest BCUT2D eigenvalue weighted by Gasteiger charge is 2.19. The van der Waals surface area contributed by atoms with E-state index in [0.717, 1.165) is 12.2 Å². The van der Waals surface area contributed by atoms with Crippen molar-refractivity contribution in [3.8, 4) is 0 Å². The van der Waals surface area contributed by atoms with Crippen LogP contribution in [0.5, 0.6) is 0 Å². The Balaban J connectivity index is 4.40. The molecule has 19 heavy (non-hydrogen) atoms. The van der Waals surface area contributed by atoms with Crippen molar-refractivity contribution in [3.63, 3.8) is 0 Å². The lowest BCUT2D eigenvalue weighted by Gasteiger charge is -2.16. The van der Waals surface area contributed by atoms with E-state index in [1.165, 1.54) is 0 Å². The molecular formula is C11H12O8. The van der Waals surface area contributed by atoms with Crippen molar-refractivity contribution in [2.24, 2.45) is 0 Å². The van der Waals surface area contributed by atoms with Gasteiger partial charge in [0, 0.05) is 12.2 Å². The van der Waals surface area contributed by atoms with Crippen LogP contribution >= 0.6 is 0 Å². The van der Waals surface area contributed by atoms with Crippen LogP contribution in [0.2, 0.25) is 0 Å². The number of hydrogen-bond acceptors (Lipinski definition) is 7. The molecule has 0 amide bonds. The zero-order valence-corrected chi connectivity index (χ0v) is 9.87. The normalized spacial score (nSPS) is 9.32. The molecule has 0 fully saturated rings. The molecule has 0 aliphatic heterocycles. The van der Waals surface area contributed by atoms with Crippen molar-refractivity contribution in [2.45, 2.75) is 12.7 Å². The van der Waals surface area contributed by atoms with Gasteiger partial charge in [-0.2, -0.15) is 0 Å². The Bertz CT molecular complexity index is 375. The van der Waals surface area contributed by atoms with Gasteiger partial charge in [-0.15, -0.1) is 0 Å². The highest BCUT2D eigenvalue weighted by atomic mass is 16.7. The van der Waals surface area contributed by atoms with Crippen LogP contribution in [0.25, 0.3) is 0 Å². The van der Waals surface area contributed by atoms with Crippen LogP contribution in [0.4, 0.5) is 0 Å². The van der Waals surface area contributed by atoms with Crippen LogP contribution in [0.1, 0.15) is 6.42 Å². The molecule has 0 aliphatic carbocycles. The largest absolute Gasteiger partial charge is 0.481 e. The van der Waals surface area contributed by atoms with Crippen LogP contribution in [0.3, 0.4) is 0 Å². The van der Waals surface area contributed by atoms with Crippen LogP contribution in [-0.2, 0) is 33.4 Å². The van der Waals surface area contributed by atoms with Crippen LogP contribution in [0.15, 0.2) is 25.3 Å². The van der Waals surface area contributed by atoms with Crippen LogP contribution in [0, 0.1) is 0 Å². The SMILES string of the molecule is C=CC(=O)OC(COC(=O)CC(=O)O)OC(=O)C=C. The molecule has 0 bridgehead atoms. The Morgan fingerprint density at radius 1 is 1.05 bits per heavy atom. The number of aliphatic carboxylic acids is 1. The lowest BCUT2D eigenvalue weighted by molar-refractivity contribution is -0.194. The van der Waals surface area contributed by atoms with Crippen molar-refractivity contribution in [2.75, 3.05) is 6.61 Å². The Kier molecular flexibility index (Phi) is 7.28. The summed E-state index contributed by atoms with van der Waals surface area (Å²) in [7, 11) is 0. The number of carbonyl (C=O) groups is 4. The van der Waals surface area contributed by atoms with E-state index >= 15 is 0 Å². The first-order valence-electron chi connectivity index (χ1n) is 4.92. The van der Waals surface area contributed by atoms with Gasteiger partial charge in [0.1, 0.15) is 6.42 Å². The van der Waals surface area contributed by atoms with Gasteiger partial charge in [0.25, 0.3) is 6.29 Å². The van der Waals surface area contributed by atoms with Crippen LogP contribution in [-0.4, -0.2) is 41.9 Å². The molecule has 0 radical (unpaired) electrons. The number of hydrogen-bond donors (Lipinski definition) is 1. The summed E-state index contributed by atoms with van der Waals surface area (Å²) in [6, 6.07) is 0. The Labute approximate surface area is 108 Å². The molecule has 0 aromatic carbocycles. The smallest absolute Gasteiger partial charge is 0.333 e. The van der Waals surface area contributed by atoms with E-state index in [1.54, 1.807) is 0 Å². The molecule has 0 aromatic heterocycles. The molecule has 0 atom stereocenters. The Morgan fingerprint density at radius 2 is 1.53 bits per heavy atom. The Morgan fingerprint density at radius 3 is 1.89 bits per heavy atom. The predicted octanol–water partition coefficient (Wildman–Crippen LogP) is -0.211. The molecule has 0 rings (SSSR count). The molecule has 104 valence electrons. The van der Waals surface area contributed by atoms with E-state index in [1.807, 2.05) is 0 Å². The van der Waals surface area contributed by atoms with Crippen molar-refractivity contribution in [1.82, 2.24) is 0 Å². The fourth-order valence-corrected chi connectivity index (χ4v) is 0.783. The maximum Gasteiger partial charge on any atom is 0.333 e. The number of esters is 3. The molecule has 0 aliphatic rings. The quantitative estimate of drug-likeness (QED) is 0.279. The highest BCUT2D eigenvalue weighted by molar-refractivity contribution is 5.90. The second-order valence-electron chi connectivity index (χ2n) is 2.97. The maximum absolute atomic E-state index is 10.9. The predicted molar refractivity (Wildman–Crippen MR) is 59.6 cm³/mol. The molecule has 0 unspecified atom stereocenters. The Hall–Kier alpha value is -2.64. The second kappa shape index (κ2) is 8.45. The van der Waals surface area contributed by atoms with Gasteiger partial charge in [-0.25, -0.2) is 9.59 Å². The van der Waals surface area contributed by atoms with Gasteiger partial charge in [-0.3, -0.25) is 9.59 Å². The average Bonchev–Trinajstić information content (AvgIpc) is 2.34. The summed E-state index contributed by atoms with van der Waals surface area (Å²) in [5.74, 6) is -4.26. The number of carbonyl (C=O) groups excluding carboxylic acids is 3. The van der Waals surface area contributed by atoms with Gasteiger partial charge in [0.05, 0.1) is 0 Å². The molecular weight excluding hydrogens is 260 g/mol. The first-order chi connectivity index (χ1) is 8.88. The highest BCUT2D eigenvalue weighted by Crippen LogP contribution is 2.00. The number of ether oxygens (including phenoxy) is 3. The third-order valence-corrected chi connectivity index (χ3v) is 1.50. The number of carboxylic acids is 1. The van der Waals surface area contributed by atoms with Gasteiger partial charge in [0.15, 0.2) is 6.61 Å². The van der Waals surface area contributed by atoms with E-state index in [0.29, 0.717) is 0 Å². The zero-order valence-electron chi connectivity index (χ0n) is 9.87. The first-order valence-corrected chi connectivity index (χ1v) is 4.92. The fourth-order valence-electron chi connectivity index (χ4n) is 0.783. The van der Waals surface area contributed by atoms with Crippen LogP contribution < -0.4 is 0 Å². The molecule has 8 heteroatoms. The van der Waals surface area contributed by atoms with E-state index in [4.69, 9.17) is 5.11 Å².